The first-order chi connectivity index (χ1) is 28.6. The monoisotopic (exact) mass is 892 g/mol. The quantitative estimate of drug-likeness (QED) is 0.0816. The van der Waals surface area contributed by atoms with E-state index in [1.807, 2.05) is 0 Å². The van der Waals surface area contributed by atoms with Crippen LogP contribution in [0.5, 0.6) is 0 Å². The molecule has 5 saturated heterocycles. The SMILES string of the molecule is CC(=O)N[C@@H]1[C@@H](O[C@@H]2O[C@@H](C)[C@@H](O)[C@@H](O[C@H]3O[C@H](C(=O)O)[C@@H](O[C@H]4O[C@H](CO)[C@@H](O)[C@H](O[C@@H]5O[C@@H](C)[C@@H](O)[C@@H](O)[C@@H]5O)[C@H]4NC(C)=O)[C@H](O)[C@H]3O)[C@@H]2O)[C@H](O)[C@@H](CO)O[C@H]1O. The van der Waals surface area contributed by atoms with E-state index in [1.54, 1.807) is 0 Å². The Hall–Kier alpha value is -2.43. The Morgan fingerprint density at radius 2 is 0.918 bits per heavy atom. The maximum Gasteiger partial charge on any atom is 0.335 e. The fraction of sp³-hybridized carbons (Fsp3) is 0.912. The summed E-state index contributed by atoms with van der Waals surface area (Å²) in [4.78, 5) is 37.0. The van der Waals surface area contributed by atoms with Gasteiger partial charge in [0.05, 0.1) is 25.4 Å². The van der Waals surface area contributed by atoms with Crippen LogP contribution in [0.3, 0.4) is 0 Å². The van der Waals surface area contributed by atoms with Gasteiger partial charge in [-0.1, -0.05) is 0 Å². The van der Waals surface area contributed by atoms with Crippen LogP contribution in [0.4, 0.5) is 0 Å². The molecule has 2 amide bonds. The Labute approximate surface area is 346 Å². The second kappa shape index (κ2) is 20.6. The first-order valence-corrected chi connectivity index (χ1v) is 19.3. The minimum absolute atomic E-state index is 0.700. The van der Waals surface area contributed by atoms with E-state index in [2.05, 4.69) is 10.6 Å². The van der Waals surface area contributed by atoms with Crippen molar-refractivity contribution in [1.82, 2.24) is 10.6 Å². The first-order valence-electron chi connectivity index (χ1n) is 19.3. The third-order valence-corrected chi connectivity index (χ3v) is 11.0. The van der Waals surface area contributed by atoms with E-state index in [0.717, 1.165) is 13.8 Å². The number of ether oxygens (including phenoxy) is 9. The van der Waals surface area contributed by atoms with Gasteiger partial charge in [-0.25, -0.2) is 4.79 Å². The van der Waals surface area contributed by atoms with Crippen LogP contribution in [-0.2, 0) is 57.0 Å². The smallest absolute Gasteiger partial charge is 0.335 e. The van der Waals surface area contributed by atoms with Crippen molar-refractivity contribution in [3.63, 3.8) is 0 Å². The van der Waals surface area contributed by atoms with Gasteiger partial charge in [0.1, 0.15) is 104 Å². The number of aliphatic carboxylic acids is 1. The van der Waals surface area contributed by atoms with Crippen LogP contribution in [0.1, 0.15) is 27.7 Å². The maximum atomic E-state index is 12.7. The zero-order chi connectivity index (χ0) is 45.4. The van der Waals surface area contributed by atoms with Gasteiger partial charge in [-0.15, -0.1) is 0 Å². The van der Waals surface area contributed by atoms with Gasteiger partial charge in [-0.2, -0.15) is 0 Å². The molecule has 61 heavy (non-hydrogen) atoms. The summed E-state index contributed by atoms with van der Waals surface area (Å²) in [5.41, 5.74) is 0. The molecule has 5 aliphatic heterocycles. The molecule has 27 heteroatoms. The summed E-state index contributed by atoms with van der Waals surface area (Å²) in [6.07, 6.45) is -42.1. The minimum Gasteiger partial charge on any atom is -0.479 e. The lowest BCUT2D eigenvalue weighted by Crippen LogP contribution is -2.70. The number of carbonyl (C=O) groups is 3. The van der Waals surface area contributed by atoms with E-state index >= 15 is 0 Å². The number of amides is 2. The Morgan fingerprint density at radius 3 is 1.46 bits per heavy atom. The van der Waals surface area contributed by atoms with Crippen molar-refractivity contribution >= 4 is 17.8 Å². The van der Waals surface area contributed by atoms with Crippen LogP contribution >= 0.6 is 0 Å². The van der Waals surface area contributed by atoms with Crippen molar-refractivity contribution in [3.8, 4) is 0 Å². The molecule has 0 aromatic rings. The summed E-state index contributed by atoms with van der Waals surface area (Å²) in [6, 6.07) is -3.18. The molecular weight excluding hydrogens is 836 g/mol. The third kappa shape index (κ3) is 10.6. The summed E-state index contributed by atoms with van der Waals surface area (Å²) in [5.74, 6) is -3.36. The molecule has 0 bridgehead atoms. The highest BCUT2D eigenvalue weighted by Crippen LogP contribution is 2.36. The summed E-state index contributed by atoms with van der Waals surface area (Å²) in [5, 5.41) is 143. The summed E-state index contributed by atoms with van der Waals surface area (Å²) in [7, 11) is 0. The molecule has 5 aliphatic rings. The van der Waals surface area contributed by atoms with E-state index < -0.39 is 184 Å². The highest BCUT2D eigenvalue weighted by molar-refractivity contribution is 5.74. The Morgan fingerprint density at radius 1 is 0.475 bits per heavy atom. The fourth-order valence-electron chi connectivity index (χ4n) is 7.68. The van der Waals surface area contributed by atoms with Crippen molar-refractivity contribution in [3.05, 3.63) is 0 Å². The highest BCUT2D eigenvalue weighted by atomic mass is 16.8. The van der Waals surface area contributed by atoms with Gasteiger partial charge >= 0.3 is 5.97 Å². The van der Waals surface area contributed by atoms with Crippen molar-refractivity contribution in [2.75, 3.05) is 13.2 Å². The van der Waals surface area contributed by atoms with E-state index in [0.29, 0.717) is 0 Å². The van der Waals surface area contributed by atoms with Crippen LogP contribution < -0.4 is 10.6 Å². The normalized spacial score (nSPS) is 49.5. The molecule has 5 fully saturated rings. The van der Waals surface area contributed by atoms with Crippen molar-refractivity contribution in [2.24, 2.45) is 0 Å². The minimum atomic E-state index is -2.30. The Balaban J connectivity index is 1.36. The molecule has 15 N–H and O–H groups in total. The molecule has 0 saturated carbocycles. The summed E-state index contributed by atoms with van der Waals surface area (Å²) < 4.78 is 50.4. The largest absolute Gasteiger partial charge is 0.479 e. The lowest BCUT2D eigenvalue weighted by Gasteiger charge is -2.50. The Bertz CT molecular complexity index is 1490. The third-order valence-electron chi connectivity index (χ3n) is 11.0. The van der Waals surface area contributed by atoms with Gasteiger partial charge in [0, 0.05) is 13.8 Å². The molecule has 0 aromatic carbocycles. The zero-order valence-corrected chi connectivity index (χ0v) is 33.1. The molecular formula is C34H56N2O25. The number of rotatable bonds is 13. The van der Waals surface area contributed by atoms with Crippen LogP contribution in [-0.4, -0.2) is 251 Å². The summed E-state index contributed by atoms with van der Waals surface area (Å²) in [6.45, 7) is 2.96. The van der Waals surface area contributed by atoms with Gasteiger partial charge in [0.2, 0.25) is 11.8 Å². The number of carboxylic acid groups (broad SMARTS) is 1. The second-order valence-corrected chi connectivity index (χ2v) is 15.4. The van der Waals surface area contributed by atoms with E-state index in [-0.39, 0.29) is 0 Å². The molecule has 0 radical (unpaired) electrons. The van der Waals surface area contributed by atoms with Gasteiger partial charge in [0.25, 0.3) is 0 Å². The van der Waals surface area contributed by atoms with Crippen LogP contribution in [0, 0.1) is 0 Å². The number of carboxylic acids is 1. The topological polar surface area (TPSA) is 421 Å². The van der Waals surface area contributed by atoms with E-state index in [9.17, 15) is 80.8 Å². The molecule has 5 heterocycles. The standard InChI is InChI=1S/C34H56N2O25/c1-7-15(41)19(45)21(47)32(53-7)58-25-14(36-10(4)40)31(56-12(6-38)18(25)44)60-27-20(46)22(48)33(61-28(27)29(50)51)59-26-16(42)8(2)54-34(23(26)49)57-24-13(35-9(3)39)30(52)55-11(5-37)17(24)43/h7-8,11-28,30-34,37-38,41-49,52H,5-6H2,1-4H3,(H,35,39)(H,36,40)(H,50,51)/t7-,8-,11+,12+,13+,14+,15+,16+,17+,18+,19+,20+,21-,22+,23-,24+,25+,26+,27-,28-,30+,31+,32-,33-,34-/m0/s1. The molecule has 0 spiro atoms. The molecule has 5 rings (SSSR count). The van der Waals surface area contributed by atoms with Crippen molar-refractivity contribution < 1.29 is 123 Å². The maximum absolute atomic E-state index is 12.7. The van der Waals surface area contributed by atoms with Crippen LogP contribution in [0.15, 0.2) is 0 Å². The second-order valence-electron chi connectivity index (χ2n) is 15.4. The molecule has 0 aromatic heterocycles. The lowest BCUT2D eigenvalue weighted by molar-refractivity contribution is -0.380. The molecule has 25 atom stereocenters. The van der Waals surface area contributed by atoms with Gasteiger partial charge < -0.3 is 120 Å². The summed E-state index contributed by atoms with van der Waals surface area (Å²) >= 11 is 0. The van der Waals surface area contributed by atoms with Gasteiger partial charge in [0.15, 0.2) is 37.6 Å². The average molecular weight is 893 g/mol. The zero-order valence-electron chi connectivity index (χ0n) is 33.1. The number of hydrogen-bond acceptors (Lipinski definition) is 24. The number of aliphatic hydroxyl groups is 12. The fourth-order valence-corrected chi connectivity index (χ4v) is 7.68. The number of hydrogen-bond donors (Lipinski definition) is 15. The molecule has 352 valence electrons. The van der Waals surface area contributed by atoms with E-state index in [1.165, 1.54) is 13.8 Å². The van der Waals surface area contributed by atoms with Gasteiger partial charge in [-0.05, 0) is 13.8 Å². The van der Waals surface area contributed by atoms with Crippen molar-refractivity contribution in [2.45, 2.75) is 181 Å². The van der Waals surface area contributed by atoms with E-state index in [4.69, 9.17) is 42.6 Å². The number of carbonyl (C=O) groups excluding carboxylic acids is 2. The Kier molecular flexibility index (Phi) is 16.7. The van der Waals surface area contributed by atoms with Crippen molar-refractivity contribution in [1.29, 1.82) is 0 Å². The highest BCUT2D eigenvalue weighted by Gasteiger charge is 2.57. The van der Waals surface area contributed by atoms with Gasteiger partial charge in [-0.3, -0.25) is 9.59 Å². The average Bonchev–Trinajstić information content (AvgIpc) is 3.20. The molecule has 0 unspecified atom stereocenters. The first kappa shape index (κ1) is 49.6. The van der Waals surface area contributed by atoms with Crippen LogP contribution in [0.25, 0.3) is 0 Å². The molecule has 27 nitrogen and oxygen atoms in total. The lowest BCUT2D eigenvalue weighted by atomic mass is 9.94. The number of aliphatic hydroxyl groups excluding tert-OH is 12. The van der Waals surface area contributed by atoms with Crippen LogP contribution in [0.2, 0.25) is 0 Å². The predicted octanol–water partition coefficient (Wildman–Crippen LogP) is -9.49. The predicted molar refractivity (Wildman–Crippen MR) is 187 cm³/mol. The number of nitrogens with one attached hydrogen (secondary N) is 2. The molecule has 0 aliphatic carbocycles.